The molecule has 3 N–H and O–H groups in total. The highest BCUT2D eigenvalue weighted by molar-refractivity contribution is 5.73. The molecule has 1 aromatic rings. The number of hydrogen-bond acceptors (Lipinski definition) is 2. The molecular formula is C11H19N3O. The molecule has 0 spiro atoms. The van der Waals surface area contributed by atoms with Gasteiger partial charge in [-0.05, 0) is 18.6 Å². The summed E-state index contributed by atoms with van der Waals surface area (Å²) in [6.07, 6.45) is 3.60. The van der Waals surface area contributed by atoms with Gasteiger partial charge in [0.2, 0.25) is 5.91 Å². The van der Waals surface area contributed by atoms with Crippen molar-refractivity contribution in [2.75, 3.05) is 6.54 Å². The van der Waals surface area contributed by atoms with E-state index < -0.39 is 0 Å². The first kappa shape index (κ1) is 11.8. The van der Waals surface area contributed by atoms with E-state index in [0.29, 0.717) is 13.0 Å². The molecule has 0 fully saturated rings. The predicted molar refractivity (Wildman–Crippen MR) is 60.2 cm³/mol. The fraction of sp³-hybridized carbons (Fsp3) is 0.545. The van der Waals surface area contributed by atoms with Crippen molar-refractivity contribution in [1.82, 2.24) is 9.88 Å². The zero-order valence-corrected chi connectivity index (χ0v) is 9.20. The topological polar surface area (TPSA) is 60.1 Å². The average Bonchev–Trinajstić information content (AvgIpc) is 2.61. The Morgan fingerprint density at radius 2 is 2.40 bits per heavy atom. The SMILES string of the molecule is CCCn1cccc1CNCCC(N)=O. The fourth-order valence-electron chi connectivity index (χ4n) is 1.50. The van der Waals surface area contributed by atoms with Crippen molar-refractivity contribution in [2.24, 2.45) is 5.73 Å². The largest absolute Gasteiger partial charge is 0.370 e. The van der Waals surface area contributed by atoms with Crippen LogP contribution in [0.25, 0.3) is 0 Å². The van der Waals surface area contributed by atoms with Crippen molar-refractivity contribution in [3.05, 3.63) is 24.0 Å². The number of carbonyl (C=O) groups excluding carboxylic acids is 1. The van der Waals surface area contributed by atoms with Crippen LogP contribution in [-0.4, -0.2) is 17.0 Å². The average molecular weight is 209 g/mol. The van der Waals surface area contributed by atoms with Crippen LogP contribution in [0.4, 0.5) is 0 Å². The number of hydrogen-bond donors (Lipinski definition) is 2. The number of nitrogens with one attached hydrogen (secondary N) is 1. The molecule has 1 heterocycles. The van der Waals surface area contributed by atoms with Crippen molar-refractivity contribution in [2.45, 2.75) is 32.9 Å². The molecule has 1 amide bonds. The molecule has 0 atom stereocenters. The quantitative estimate of drug-likeness (QED) is 0.654. The Hall–Kier alpha value is -1.29. The second-order valence-corrected chi connectivity index (χ2v) is 3.59. The smallest absolute Gasteiger partial charge is 0.218 e. The van der Waals surface area contributed by atoms with E-state index in [1.165, 1.54) is 5.69 Å². The first-order valence-corrected chi connectivity index (χ1v) is 5.37. The van der Waals surface area contributed by atoms with Gasteiger partial charge in [0, 0.05) is 37.9 Å². The zero-order valence-electron chi connectivity index (χ0n) is 9.20. The molecule has 0 aliphatic carbocycles. The summed E-state index contributed by atoms with van der Waals surface area (Å²) in [6.45, 7) is 4.64. The summed E-state index contributed by atoms with van der Waals surface area (Å²) in [6, 6.07) is 4.13. The van der Waals surface area contributed by atoms with Crippen LogP contribution in [-0.2, 0) is 17.9 Å². The third kappa shape index (κ3) is 4.16. The van der Waals surface area contributed by atoms with E-state index in [4.69, 9.17) is 5.73 Å². The van der Waals surface area contributed by atoms with Crippen molar-refractivity contribution < 1.29 is 4.79 Å². The molecule has 1 rings (SSSR count). The second kappa shape index (κ2) is 6.24. The summed E-state index contributed by atoms with van der Waals surface area (Å²) in [5.41, 5.74) is 6.30. The van der Waals surface area contributed by atoms with E-state index in [2.05, 4.69) is 29.1 Å². The summed E-state index contributed by atoms with van der Waals surface area (Å²) in [5, 5.41) is 3.20. The standard InChI is InChI=1S/C11H19N3O/c1-2-7-14-8-3-4-10(14)9-13-6-5-11(12)15/h3-4,8,13H,2,5-7,9H2,1H3,(H2,12,15). The Labute approximate surface area is 90.5 Å². The summed E-state index contributed by atoms with van der Waals surface area (Å²) < 4.78 is 2.22. The van der Waals surface area contributed by atoms with E-state index in [-0.39, 0.29) is 5.91 Å². The van der Waals surface area contributed by atoms with Crippen LogP contribution in [0.3, 0.4) is 0 Å². The van der Waals surface area contributed by atoms with Gasteiger partial charge in [0.25, 0.3) is 0 Å². The summed E-state index contributed by atoms with van der Waals surface area (Å²) >= 11 is 0. The van der Waals surface area contributed by atoms with Gasteiger partial charge >= 0.3 is 0 Å². The molecule has 0 aromatic carbocycles. The molecule has 4 heteroatoms. The maximum absolute atomic E-state index is 10.5. The van der Waals surface area contributed by atoms with Crippen LogP contribution < -0.4 is 11.1 Å². The Balaban J connectivity index is 2.30. The van der Waals surface area contributed by atoms with Gasteiger partial charge in [-0.3, -0.25) is 4.79 Å². The van der Waals surface area contributed by atoms with Crippen LogP contribution in [0.2, 0.25) is 0 Å². The lowest BCUT2D eigenvalue weighted by Gasteiger charge is -2.08. The highest BCUT2D eigenvalue weighted by Gasteiger charge is 1.99. The number of rotatable bonds is 7. The monoisotopic (exact) mass is 209 g/mol. The highest BCUT2D eigenvalue weighted by atomic mass is 16.1. The second-order valence-electron chi connectivity index (χ2n) is 3.59. The summed E-state index contributed by atoms with van der Waals surface area (Å²) in [5.74, 6) is -0.258. The number of aryl methyl sites for hydroxylation is 1. The van der Waals surface area contributed by atoms with Gasteiger partial charge in [-0.2, -0.15) is 0 Å². The summed E-state index contributed by atoms with van der Waals surface area (Å²) in [4.78, 5) is 10.5. The molecule has 0 unspecified atom stereocenters. The molecule has 0 aliphatic rings. The number of aromatic nitrogens is 1. The summed E-state index contributed by atoms with van der Waals surface area (Å²) in [7, 11) is 0. The Morgan fingerprint density at radius 1 is 1.60 bits per heavy atom. The molecule has 0 saturated carbocycles. The number of carbonyl (C=O) groups is 1. The zero-order chi connectivity index (χ0) is 11.1. The van der Waals surface area contributed by atoms with Crippen LogP contribution in [0, 0.1) is 0 Å². The van der Waals surface area contributed by atoms with Crippen LogP contribution in [0.15, 0.2) is 18.3 Å². The van der Waals surface area contributed by atoms with E-state index in [1.54, 1.807) is 0 Å². The Kier molecular flexibility index (Phi) is 4.90. The molecule has 0 radical (unpaired) electrons. The molecule has 0 saturated heterocycles. The minimum atomic E-state index is -0.258. The number of nitrogens with zero attached hydrogens (tertiary/aromatic N) is 1. The fourth-order valence-corrected chi connectivity index (χ4v) is 1.50. The van der Waals surface area contributed by atoms with Crippen LogP contribution >= 0.6 is 0 Å². The van der Waals surface area contributed by atoms with Crippen molar-refractivity contribution in [3.63, 3.8) is 0 Å². The molecule has 15 heavy (non-hydrogen) atoms. The molecule has 84 valence electrons. The minimum absolute atomic E-state index is 0.258. The maximum atomic E-state index is 10.5. The first-order chi connectivity index (χ1) is 7.24. The number of primary amides is 1. The highest BCUT2D eigenvalue weighted by Crippen LogP contribution is 2.02. The van der Waals surface area contributed by atoms with Gasteiger partial charge in [-0.25, -0.2) is 0 Å². The van der Waals surface area contributed by atoms with E-state index in [0.717, 1.165) is 19.5 Å². The molecular weight excluding hydrogens is 190 g/mol. The molecule has 0 aliphatic heterocycles. The Bertz CT molecular complexity index is 307. The maximum Gasteiger partial charge on any atom is 0.218 e. The lowest BCUT2D eigenvalue weighted by Crippen LogP contribution is -2.22. The van der Waals surface area contributed by atoms with Crippen molar-refractivity contribution in [1.29, 1.82) is 0 Å². The number of amides is 1. The van der Waals surface area contributed by atoms with E-state index in [1.807, 2.05) is 6.07 Å². The van der Waals surface area contributed by atoms with Crippen molar-refractivity contribution >= 4 is 5.91 Å². The van der Waals surface area contributed by atoms with Crippen LogP contribution in [0.1, 0.15) is 25.5 Å². The third-order valence-corrected chi connectivity index (χ3v) is 2.24. The van der Waals surface area contributed by atoms with Gasteiger partial charge in [0.15, 0.2) is 0 Å². The predicted octanol–water partition coefficient (Wildman–Crippen LogP) is 0.863. The van der Waals surface area contributed by atoms with Gasteiger partial charge in [-0.15, -0.1) is 0 Å². The molecule has 0 bridgehead atoms. The third-order valence-electron chi connectivity index (χ3n) is 2.24. The van der Waals surface area contributed by atoms with Gasteiger partial charge in [0.1, 0.15) is 0 Å². The Morgan fingerprint density at radius 3 is 3.07 bits per heavy atom. The lowest BCUT2D eigenvalue weighted by atomic mass is 10.3. The van der Waals surface area contributed by atoms with Gasteiger partial charge < -0.3 is 15.6 Å². The van der Waals surface area contributed by atoms with E-state index in [9.17, 15) is 4.79 Å². The minimum Gasteiger partial charge on any atom is -0.370 e. The van der Waals surface area contributed by atoms with E-state index >= 15 is 0 Å². The first-order valence-electron chi connectivity index (χ1n) is 5.37. The van der Waals surface area contributed by atoms with Crippen LogP contribution in [0.5, 0.6) is 0 Å². The van der Waals surface area contributed by atoms with Gasteiger partial charge in [0.05, 0.1) is 0 Å². The number of nitrogens with two attached hydrogens (primary N) is 1. The normalized spacial score (nSPS) is 10.5. The van der Waals surface area contributed by atoms with Crippen molar-refractivity contribution in [3.8, 4) is 0 Å². The van der Waals surface area contributed by atoms with Gasteiger partial charge in [-0.1, -0.05) is 6.92 Å². The molecule has 1 aromatic heterocycles. The lowest BCUT2D eigenvalue weighted by molar-refractivity contribution is -0.117. The molecule has 4 nitrogen and oxygen atoms in total.